The maximum atomic E-state index is 11.5. The molecule has 19 heavy (non-hydrogen) atoms. The van der Waals surface area contributed by atoms with Crippen molar-refractivity contribution in [1.82, 2.24) is 0 Å². The second-order valence-electron chi connectivity index (χ2n) is 5.67. The van der Waals surface area contributed by atoms with E-state index in [4.69, 9.17) is 0 Å². The molecule has 0 fully saturated rings. The first kappa shape index (κ1) is 18.9. The molecule has 0 saturated carbocycles. The van der Waals surface area contributed by atoms with Crippen LogP contribution in [0.5, 0.6) is 0 Å². The number of carbonyl (C=O) groups excluding carboxylic acids is 1. The van der Waals surface area contributed by atoms with E-state index in [9.17, 15) is 4.79 Å². The predicted octanol–water partition coefficient (Wildman–Crippen LogP) is 4.47. The molecule has 0 bridgehead atoms. The molecule has 1 atom stereocenters. The monoisotopic (exact) mass is 272 g/mol. The molecule has 1 aromatic rings. The molecule has 3 heteroatoms. The molecule has 0 aromatic heterocycles. The summed E-state index contributed by atoms with van der Waals surface area (Å²) in [4.78, 5) is 11.5. The molecule has 1 aromatic carbocycles. The van der Waals surface area contributed by atoms with E-state index in [1.54, 1.807) is 0 Å². The van der Waals surface area contributed by atoms with E-state index < -0.39 is 0 Å². The number of hydrogen-bond acceptors (Lipinski definition) is 1. The van der Waals surface area contributed by atoms with Gasteiger partial charge in [-0.25, -0.2) is 0 Å². The molecule has 0 N–H and O–H groups in total. The van der Waals surface area contributed by atoms with Crippen LogP contribution in [0.25, 0.3) is 0 Å². The van der Waals surface area contributed by atoms with Gasteiger partial charge in [-0.05, 0) is 62.4 Å². The number of benzene rings is 1. The first-order valence-corrected chi connectivity index (χ1v) is 7.59. The van der Waals surface area contributed by atoms with Crippen LogP contribution in [-0.4, -0.2) is 23.2 Å². The normalized spacial score (nSPS) is 10.3. The van der Waals surface area contributed by atoms with Crippen LogP contribution >= 0.6 is 9.24 Å². The summed E-state index contributed by atoms with van der Waals surface area (Å²) in [5.41, 5.74) is 6.96. The van der Waals surface area contributed by atoms with E-state index in [2.05, 4.69) is 61.6 Å². The summed E-state index contributed by atoms with van der Waals surface area (Å²) in [6, 6.07) is 0. The fourth-order valence-electron chi connectivity index (χ4n) is 1.87. The van der Waals surface area contributed by atoms with Crippen molar-refractivity contribution in [2.45, 2.75) is 53.6 Å². The Kier molecular flexibility index (Phi) is 8.22. The molecule has 0 amide bonds. The summed E-state index contributed by atoms with van der Waals surface area (Å²) in [7, 11) is 2.26. The second kappa shape index (κ2) is 8.26. The minimum atomic E-state index is 0.0891. The molecule has 0 heterocycles. The molecule has 0 radical (unpaired) electrons. The van der Waals surface area contributed by atoms with Crippen molar-refractivity contribution in [2.24, 2.45) is 5.92 Å². The molecule has 0 aliphatic carbocycles. The van der Waals surface area contributed by atoms with Gasteiger partial charge in [-0.1, -0.05) is 9.24 Å². The third-order valence-electron chi connectivity index (χ3n) is 4.06. The van der Waals surface area contributed by atoms with Gasteiger partial charge in [0.2, 0.25) is 0 Å². The quantitative estimate of drug-likeness (QED) is 0.573. The number of carbonyl (C=O) groups is 1. The van der Waals surface area contributed by atoms with E-state index >= 15 is 0 Å². The molecule has 1 rings (SSSR count). The average molecular weight is 272 g/mol. The van der Waals surface area contributed by atoms with Crippen LogP contribution in [0, 0.1) is 40.5 Å². The van der Waals surface area contributed by atoms with E-state index in [0.29, 0.717) is 0 Å². The predicted molar refractivity (Wildman–Crippen MR) is 89.6 cm³/mol. The first-order chi connectivity index (χ1) is 8.64. The maximum absolute atomic E-state index is 11.5. The van der Waals surface area contributed by atoms with Crippen LogP contribution in [0.1, 0.15) is 52.0 Å². The van der Waals surface area contributed by atoms with E-state index in [1.165, 1.54) is 21.8 Å². The van der Waals surface area contributed by atoms with E-state index in [1.807, 2.05) is 13.8 Å². The van der Waals surface area contributed by atoms with Gasteiger partial charge in [0.05, 0.1) is 0 Å². The Balaban J connectivity index is 0.000000555. The fraction of sp³-hybridized carbons (Fsp3) is 0.562. The third-order valence-corrected chi connectivity index (χ3v) is 4.35. The van der Waals surface area contributed by atoms with Gasteiger partial charge in [0.1, 0.15) is 0 Å². The second-order valence-corrected chi connectivity index (χ2v) is 6.19. The Hall–Kier alpha value is -0.0826. The van der Waals surface area contributed by atoms with Crippen LogP contribution in [0.2, 0.25) is 5.09 Å². The summed E-state index contributed by atoms with van der Waals surface area (Å²) in [6.45, 7) is 14.8. The molecular formula is C16H26LiOP. The summed E-state index contributed by atoms with van der Waals surface area (Å²) in [5.74, 6) is 0.884. The molecule has 0 aliphatic heterocycles. The van der Waals surface area contributed by atoms with Crippen molar-refractivity contribution in [3.05, 3.63) is 33.4 Å². The zero-order valence-electron chi connectivity index (χ0n) is 13.8. The molecular weight excluding hydrogens is 246 g/mol. The van der Waals surface area contributed by atoms with Crippen molar-refractivity contribution in [1.29, 1.82) is 0 Å². The van der Waals surface area contributed by atoms with Gasteiger partial charge < -0.3 is 0 Å². The van der Waals surface area contributed by atoms with Crippen LogP contribution in [0.4, 0.5) is 0 Å². The average Bonchev–Trinajstić information content (AvgIpc) is 2.34. The summed E-state index contributed by atoms with van der Waals surface area (Å²) in [5, 5.41) is 1.31. The van der Waals surface area contributed by atoms with Crippen LogP contribution < -0.4 is 0 Å². The van der Waals surface area contributed by atoms with E-state index in [-0.39, 0.29) is 5.52 Å². The zero-order valence-corrected chi connectivity index (χ0v) is 14.9. The Morgan fingerprint density at radius 3 is 1.42 bits per heavy atom. The Morgan fingerprint density at radius 1 is 0.947 bits per heavy atom. The fourth-order valence-corrected chi connectivity index (χ4v) is 2.30. The molecule has 1 unspecified atom stereocenters. The minimum absolute atomic E-state index is 0.0891. The molecule has 0 saturated heterocycles. The van der Waals surface area contributed by atoms with Crippen LogP contribution in [0.3, 0.4) is 0 Å². The Bertz CT molecular complexity index is 435. The first-order valence-electron chi connectivity index (χ1n) is 7.01. The summed E-state index contributed by atoms with van der Waals surface area (Å²) < 4.78 is 0. The van der Waals surface area contributed by atoms with Gasteiger partial charge in [0.15, 0.2) is 5.52 Å². The van der Waals surface area contributed by atoms with Gasteiger partial charge in [-0.2, -0.15) is 0 Å². The SMILES string of the molecule is Cc1c(C)c(C)c(C(=O)P)c(C)c1C.[Li][CH2]C(C)C. The van der Waals surface area contributed by atoms with Crippen molar-refractivity contribution in [3.8, 4) is 0 Å². The summed E-state index contributed by atoms with van der Waals surface area (Å²) in [6.07, 6.45) is 0. The van der Waals surface area contributed by atoms with Gasteiger partial charge in [0.25, 0.3) is 0 Å². The standard InChI is InChI=1S/C12H17OP.C4H9.Li/c1-6-7(2)9(4)11(12(13)14)10(5)8(6)3;1-4(2)3;/h14H2,1-5H3;4H,1H2,2-3H3;. The van der Waals surface area contributed by atoms with Gasteiger partial charge in [0, 0.05) is 5.56 Å². The Labute approximate surface area is 130 Å². The van der Waals surface area contributed by atoms with Crippen LogP contribution in [-0.2, 0) is 0 Å². The summed E-state index contributed by atoms with van der Waals surface area (Å²) >= 11 is 2.20. The van der Waals surface area contributed by atoms with Gasteiger partial charge >= 0.3 is 42.6 Å². The Morgan fingerprint density at radius 2 is 1.21 bits per heavy atom. The van der Waals surface area contributed by atoms with Crippen molar-refractivity contribution in [2.75, 3.05) is 0 Å². The number of rotatable bonds is 2. The molecule has 102 valence electrons. The molecule has 0 spiro atoms. The third kappa shape index (κ3) is 5.07. The number of hydrogen-bond donors (Lipinski definition) is 0. The van der Waals surface area contributed by atoms with E-state index in [0.717, 1.165) is 22.6 Å². The van der Waals surface area contributed by atoms with Crippen molar-refractivity contribution >= 4 is 32.5 Å². The van der Waals surface area contributed by atoms with Crippen molar-refractivity contribution < 1.29 is 4.79 Å². The zero-order chi connectivity index (χ0) is 15.3. The van der Waals surface area contributed by atoms with Gasteiger partial charge in [-0.15, -0.1) is 0 Å². The van der Waals surface area contributed by atoms with Gasteiger partial charge in [-0.3, -0.25) is 4.79 Å². The topological polar surface area (TPSA) is 17.1 Å². The van der Waals surface area contributed by atoms with Crippen LogP contribution in [0.15, 0.2) is 0 Å². The molecule has 0 aliphatic rings. The van der Waals surface area contributed by atoms with Crippen molar-refractivity contribution in [3.63, 3.8) is 0 Å². The molecule has 1 nitrogen and oxygen atoms in total.